The molecule has 4 amide bonds. The lowest BCUT2D eigenvalue weighted by molar-refractivity contribution is -0.138. The van der Waals surface area contributed by atoms with E-state index in [9.17, 15) is 19.2 Å². The fourth-order valence-electron chi connectivity index (χ4n) is 2.13. The largest absolute Gasteiger partial charge is 0.356 e. The zero-order chi connectivity index (χ0) is 18.1. The topological polar surface area (TPSA) is 108 Å². The van der Waals surface area contributed by atoms with E-state index in [0.29, 0.717) is 25.1 Å². The van der Waals surface area contributed by atoms with Gasteiger partial charge in [0.05, 0.1) is 5.25 Å². The van der Waals surface area contributed by atoms with Crippen molar-refractivity contribution in [2.75, 3.05) is 19.3 Å². The van der Waals surface area contributed by atoms with Gasteiger partial charge >= 0.3 is 0 Å². The number of hydrogen-bond donors (Lipinski definition) is 2. The third-order valence-electron chi connectivity index (χ3n) is 3.51. The second kappa shape index (κ2) is 10.1. The molecule has 1 heterocycles. The second-order valence-electron chi connectivity index (χ2n) is 5.40. The van der Waals surface area contributed by atoms with Crippen LogP contribution >= 0.6 is 11.8 Å². The Bertz CT molecular complexity index is 536. The van der Waals surface area contributed by atoms with E-state index in [1.807, 2.05) is 6.92 Å². The van der Waals surface area contributed by atoms with Gasteiger partial charge in [0.1, 0.15) is 0 Å². The molecule has 0 radical (unpaired) electrons. The minimum Gasteiger partial charge on any atom is -0.356 e. The molecule has 134 valence electrons. The summed E-state index contributed by atoms with van der Waals surface area (Å²) < 4.78 is 0. The van der Waals surface area contributed by atoms with Crippen LogP contribution in [0.3, 0.4) is 0 Å². The fraction of sp³-hybridized carbons (Fsp3) is 0.667. The molecule has 0 bridgehead atoms. The summed E-state index contributed by atoms with van der Waals surface area (Å²) in [5.74, 6) is -0.913. The highest BCUT2D eigenvalue weighted by Crippen LogP contribution is 2.22. The highest BCUT2D eigenvalue weighted by molar-refractivity contribution is 8.00. The van der Waals surface area contributed by atoms with E-state index in [0.717, 1.165) is 4.90 Å². The molecule has 2 N–H and O–H groups in total. The van der Waals surface area contributed by atoms with Crippen LogP contribution in [0.1, 0.15) is 39.5 Å². The molecule has 24 heavy (non-hydrogen) atoms. The van der Waals surface area contributed by atoms with Crippen molar-refractivity contribution in [1.29, 1.82) is 0 Å². The van der Waals surface area contributed by atoms with E-state index < -0.39 is 0 Å². The van der Waals surface area contributed by atoms with Crippen molar-refractivity contribution in [2.24, 2.45) is 5.10 Å². The van der Waals surface area contributed by atoms with Gasteiger partial charge in [0.15, 0.2) is 0 Å². The van der Waals surface area contributed by atoms with Gasteiger partial charge < -0.3 is 5.32 Å². The van der Waals surface area contributed by atoms with Gasteiger partial charge in [-0.3, -0.25) is 24.1 Å². The number of likely N-dealkylation sites (tertiary alicyclic amines) is 1. The maximum absolute atomic E-state index is 11.9. The zero-order valence-corrected chi connectivity index (χ0v) is 15.1. The van der Waals surface area contributed by atoms with E-state index in [1.165, 1.54) is 11.8 Å². The van der Waals surface area contributed by atoms with Crippen molar-refractivity contribution in [2.45, 2.75) is 44.8 Å². The zero-order valence-electron chi connectivity index (χ0n) is 14.3. The summed E-state index contributed by atoms with van der Waals surface area (Å²) in [6.45, 7) is 4.21. The number of nitrogens with zero attached hydrogens (tertiary/aromatic N) is 2. The lowest BCUT2D eigenvalue weighted by Crippen LogP contribution is -2.34. The van der Waals surface area contributed by atoms with Crippen LogP contribution in [0.15, 0.2) is 5.10 Å². The molecule has 1 aliphatic heterocycles. The maximum Gasteiger partial charge on any atom is 0.242 e. The molecule has 1 saturated heterocycles. The van der Waals surface area contributed by atoms with Crippen molar-refractivity contribution in [1.82, 2.24) is 15.6 Å². The molecule has 1 fully saturated rings. The number of hydrogen-bond acceptors (Lipinski definition) is 6. The van der Waals surface area contributed by atoms with Crippen molar-refractivity contribution in [3.05, 3.63) is 0 Å². The Hall–Kier alpha value is -1.90. The number of thioether (sulfide) groups is 1. The summed E-state index contributed by atoms with van der Waals surface area (Å²) in [7, 11) is 0. The van der Waals surface area contributed by atoms with Crippen molar-refractivity contribution in [3.8, 4) is 0 Å². The average Bonchev–Trinajstić information content (AvgIpc) is 2.83. The molecule has 0 spiro atoms. The summed E-state index contributed by atoms with van der Waals surface area (Å²) in [5, 5.41) is 6.26. The lowest BCUT2D eigenvalue weighted by Gasteiger charge is -2.13. The first-order valence-corrected chi connectivity index (χ1v) is 9.13. The highest BCUT2D eigenvalue weighted by atomic mass is 32.2. The maximum atomic E-state index is 11.9. The highest BCUT2D eigenvalue weighted by Gasteiger charge is 2.37. The monoisotopic (exact) mass is 356 g/mol. The number of hydrazone groups is 1. The molecular weight excluding hydrogens is 332 g/mol. The van der Waals surface area contributed by atoms with Gasteiger partial charge in [0.2, 0.25) is 23.6 Å². The summed E-state index contributed by atoms with van der Waals surface area (Å²) in [5.41, 5.74) is 3.01. The predicted octanol–water partition coefficient (Wildman–Crippen LogP) is 0.275. The predicted molar refractivity (Wildman–Crippen MR) is 92.4 cm³/mol. The van der Waals surface area contributed by atoms with Gasteiger partial charge in [-0.1, -0.05) is 0 Å². The molecule has 9 heteroatoms. The lowest BCUT2D eigenvalue weighted by atomic mass is 10.2. The third kappa shape index (κ3) is 6.31. The standard InChI is InChI=1S/C15H24N4O4S/c1-4-16-12(20)6-5-10(2)17-18-13(21)7-8-19-14(22)9-11(24-3)15(19)23/h11H,4-9H2,1-3H3,(H,16,20)(H,18,21)/b17-10-. The molecule has 1 rings (SSSR count). The number of carbonyl (C=O) groups excluding carboxylic acids is 4. The number of nitrogens with one attached hydrogen (secondary N) is 2. The second-order valence-corrected chi connectivity index (χ2v) is 6.44. The summed E-state index contributed by atoms with van der Waals surface area (Å²) >= 11 is 1.34. The molecule has 0 saturated carbocycles. The van der Waals surface area contributed by atoms with E-state index in [-0.39, 0.29) is 48.3 Å². The first-order valence-electron chi connectivity index (χ1n) is 7.84. The molecular formula is C15H24N4O4S. The van der Waals surface area contributed by atoms with Gasteiger partial charge in [-0.15, -0.1) is 0 Å². The molecule has 0 aromatic rings. The molecule has 1 unspecified atom stereocenters. The molecule has 8 nitrogen and oxygen atoms in total. The van der Waals surface area contributed by atoms with Crippen molar-refractivity contribution in [3.63, 3.8) is 0 Å². The van der Waals surface area contributed by atoms with Crippen LogP contribution in [0.5, 0.6) is 0 Å². The Morgan fingerprint density at radius 2 is 1.96 bits per heavy atom. The smallest absolute Gasteiger partial charge is 0.242 e. The first kappa shape index (κ1) is 20.1. The van der Waals surface area contributed by atoms with Crippen LogP contribution in [0.25, 0.3) is 0 Å². The van der Waals surface area contributed by atoms with Gasteiger partial charge in [-0.05, 0) is 26.5 Å². The van der Waals surface area contributed by atoms with E-state index in [1.54, 1.807) is 13.2 Å². The van der Waals surface area contributed by atoms with E-state index >= 15 is 0 Å². The molecule has 1 aliphatic rings. The van der Waals surface area contributed by atoms with Crippen LogP contribution in [0.2, 0.25) is 0 Å². The third-order valence-corrected chi connectivity index (χ3v) is 4.45. The van der Waals surface area contributed by atoms with Crippen LogP contribution < -0.4 is 10.7 Å². The molecule has 0 aromatic heterocycles. The van der Waals surface area contributed by atoms with E-state index in [4.69, 9.17) is 0 Å². The molecule has 1 atom stereocenters. The first-order chi connectivity index (χ1) is 11.4. The van der Waals surface area contributed by atoms with Crippen LogP contribution in [0, 0.1) is 0 Å². The van der Waals surface area contributed by atoms with Gasteiger partial charge in [-0.2, -0.15) is 16.9 Å². The van der Waals surface area contributed by atoms with Crippen molar-refractivity contribution < 1.29 is 19.2 Å². The minimum absolute atomic E-state index is 0.00564. The summed E-state index contributed by atoms with van der Waals surface area (Å²) in [6.07, 6.45) is 2.74. The van der Waals surface area contributed by atoms with Crippen LogP contribution in [-0.2, 0) is 19.2 Å². The molecule has 0 aromatic carbocycles. The van der Waals surface area contributed by atoms with E-state index in [2.05, 4.69) is 15.8 Å². The number of rotatable bonds is 9. The number of imide groups is 1. The summed E-state index contributed by atoms with van der Waals surface area (Å²) in [4.78, 5) is 47.9. The number of amides is 4. The fourth-order valence-corrected chi connectivity index (χ4v) is 2.77. The van der Waals surface area contributed by atoms with Gasteiger partial charge in [0, 0.05) is 38.1 Å². The SMILES string of the molecule is CCNC(=O)CC/C(C)=N\NC(=O)CCN1C(=O)CC(SC)C1=O. The Morgan fingerprint density at radius 3 is 2.54 bits per heavy atom. The quantitative estimate of drug-likeness (QED) is 0.350. The Morgan fingerprint density at radius 1 is 1.25 bits per heavy atom. The van der Waals surface area contributed by atoms with Crippen molar-refractivity contribution >= 4 is 41.1 Å². The Balaban J connectivity index is 2.33. The number of carbonyl (C=O) groups is 4. The average molecular weight is 356 g/mol. The van der Waals surface area contributed by atoms with Crippen LogP contribution in [-0.4, -0.2) is 58.8 Å². The minimum atomic E-state index is -0.374. The Kier molecular flexibility index (Phi) is 8.45. The van der Waals surface area contributed by atoms with Gasteiger partial charge in [0.25, 0.3) is 0 Å². The Labute approximate surface area is 145 Å². The summed E-state index contributed by atoms with van der Waals surface area (Å²) in [6, 6.07) is 0. The van der Waals surface area contributed by atoms with Crippen LogP contribution in [0.4, 0.5) is 0 Å². The van der Waals surface area contributed by atoms with Gasteiger partial charge in [-0.25, -0.2) is 5.43 Å². The normalized spacial score (nSPS) is 18.0. The molecule has 0 aliphatic carbocycles.